The second kappa shape index (κ2) is 9.40. The third-order valence-electron chi connectivity index (χ3n) is 3.44. The highest BCUT2D eigenvalue weighted by Crippen LogP contribution is 2.18. The first kappa shape index (κ1) is 17.6. The van der Waals surface area contributed by atoms with E-state index in [-0.39, 0.29) is 11.7 Å². The van der Waals surface area contributed by atoms with Crippen LogP contribution < -0.4 is 10.1 Å². The third kappa shape index (κ3) is 6.16. The number of phenols is 1. The molecule has 0 radical (unpaired) electrons. The van der Waals surface area contributed by atoms with Crippen LogP contribution in [-0.2, 0) is 4.79 Å². The number of hydrogen-bond acceptors (Lipinski definition) is 3. The molecule has 2 aromatic carbocycles. The number of phenolic OH excluding ortho intramolecular Hbond substituents is 1. The van der Waals surface area contributed by atoms with Gasteiger partial charge in [0.25, 0.3) is 0 Å². The summed E-state index contributed by atoms with van der Waals surface area (Å²) in [6.07, 6.45) is 6.49. The summed E-state index contributed by atoms with van der Waals surface area (Å²) in [4.78, 5) is 12.0. The van der Waals surface area contributed by atoms with Crippen LogP contribution in [0.15, 0.2) is 54.6 Å². The lowest BCUT2D eigenvalue weighted by Crippen LogP contribution is -2.08. The van der Waals surface area contributed by atoms with Crippen molar-refractivity contribution >= 4 is 17.7 Å². The topological polar surface area (TPSA) is 58.6 Å². The minimum atomic E-state index is -0.216. The van der Waals surface area contributed by atoms with Gasteiger partial charge < -0.3 is 15.2 Å². The number of amides is 1. The molecule has 0 heterocycles. The molecule has 4 heteroatoms. The summed E-state index contributed by atoms with van der Waals surface area (Å²) in [7, 11) is 0. The Kier molecular flexibility index (Phi) is 6.90. The Labute approximate surface area is 142 Å². The standard InChI is InChI=1S/C20H23NO3/c1-2-3-4-14-24-19-7-5-6-17(15-19)21-20(23)13-10-16-8-11-18(22)12-9-16/h5-13,15,22H,2-4,14H2,1H3,(H,21,23). The van der Waals surface area contributed by atoms with Crippen LogP contribution in [0.2, 0.25) is 0 Å². The highest BCUT2D eigenvalue weighted by molar-refractivity contribution is 6.02. The van der Waals surface area contributed by atoms with Gasteiger partial charge in [-0.2, -0.15) is 0 Å². The van der Waals surface area contributed by atoms with Gasteiger partial charge in [0, 0.05) is 17.8 Å². The predicted octanol–water partition coefficient (Wildman–Crippen LogP) is 4.61. The quantitative estimate of drug-likeness (QED) is 0.550. The van der Waals surface area contributed by atoms with Crippen molar-refractivity contribution in [2.24, 2.45) is 0 Å². The Morgan fingerprint density at radius 1 is 1.17 bits per heavy atom. The summed E-state index contributed by atoms with van der Waals surface area (Å²) in [6.45, 7) is 2.84. The van der Waals surface area contributed by atoms with Crippen molar-refractivity contribution in [3.8, 4) is 11.5 Å². The Morgan fingerprint density at radius 3 is 2.71 bits per heavy atom. The number of anilines is 1. The van der Waals surface area contributed by atoms with E-state index in [9.17, 15) is 9.90 Å². The molecule has 126 valence electrons. The van der Waals surface area contributed by atoms with Gasteiger partial charge in [-0.15, -0.1) is 0 Å². The number of nitrogens with one attached hydrogen (secondary N) is 1. The van der Waals surface area contributed by atoms with E-state index in [1.165, 1.54) is 6.08 Å². The lowest BCUT2D eigenvalue weighted by Gasteiger charge is -2.08. The lowest BCUT2D eigenvalue weighted by molar-refractivity contribution is -0.111. The smallest absolute Gasteiger partial charge is 0.248 e. The van der Waals surface area contributed by atoms with Gasteiger partial charge in [0.2, 0.25) is 5.91 Å². The van der Waals surface area contributed by atoms with E-state index in [1.807, 2.05) is 24.3 Å². The van der Waals surface area contributed by atoms with Gasteiger partial charge >= 0.3 is 0 Å². The number of ether oxygens (including phenoxy) is 1. The van der Waals surface area contributed by atoms with Crippen LogP contribution in [0.4, 0.5) is 5.69 Å². The molecule has 1 amide bonds. The molecular formula is C20H23NO3. The van der Waals surface area contributed by atoms with Crippen LogP contribution in [0.1, 0.15) is 31.7 Å². The van der Waals surface area contributed by atoms with Crippen LogP contribution >= 0.6 is 0 Å². The molecule has 0 saturated carbocycles. The first-order chi connectivity index (χ1) is 11.7. The first-order valence-corrected chi connectivity index (χ1v) is 8.18. The Morgan fingerprint density at radius 2 is 1.96 bits per heavy atom. The molecular weight excluding hydrogens is 302 g/mol. The minimum absolute atomic E-state index is 0.201. The average Bonchev–Trinajstić information content (AvgIpc) is 2.59. The van der Waals surface area contributed by atoms with Gasteiger partial charge in [0.1, 0.15) is 11.5 Å². The molecule has 0 aliphatic heterocycles. The van der Waals surface area contributed by atoms with E-state index >= 15 is 0 Å². The summed E-state index contributed by atoms with van der Waals surface area (Å²) in [5, 5.41) is 12.0. The van der Waals surface area contributed by atoms with Crippen molar-refractivity contribution in [3.63, 3.8) is 0 Å². The summed E-state index contributed by atoms with van der Waals surface area (Å²) >= 11 is 0. The van der Waals surface area contributed by atoms with Gasteiger partial charge in [-0.3, -0.25) is 4.79 Å². The number of hydrogen-bond donors (Lipinski definition) is 2. The van der Waals surface area contributed by atoms with E-state index in [0.29, 0.717) is 12.3 Å². The zero-order valence-corrected chi connectivity index (χ0v) is 13.9. The maximum absolute atomic E-state index is 12.0. The van der Waals surface area contributed by atoms with Crippen LogP contribution in [0.5, 0.6) is 11.5 Å². The molecule has 0 aliphatic carbocycles. The van der Waals surface area contributed by atoms with Crippen molar-refractivity contribution in [1.29, 1.82) is 0 Å². The normalized spacial score (nSPS) is 10.7. The molecule has 0 aliphatic rings. The van der Waals surface area contributed by atoms with Crippen LogP contribution in [-0.4, -0.2) is 17.6 Å². The maximum atomic E-state index is 12.0. The molecule has 0 spiro atoms. The number of aromatic hydroxyl groups is 1. The van der Waals surface area contributed by atoms with Gasteiger partial charge in [-0.05, 0) is 42.3 Å². The average molecular weight is 325 g/mol. The molecule has 2 N–H and O–H groups in total. The fraction of sp³-hybridized carbons (Fsp3) is 0.250. The van der Waals surface area contributed by atoms with Gasteiger partial charge in [0.15, 0.2) is 0 Å². The maximum Gasteiger partial charge on any atom is 0.248 e. The second-order valence-electron chi connectivity index (χ2n) is 5.50. The van der Waals surface area contributed by atoms with Crippen molar-refractivity contribution in [2.75, 3.05) is 11.9 Å². The molecule has 0 fully saturated rings. The van der Waals surface area contributed by atoms with Gasteiger partial charge in [-0.1, -0.05) is 38.0 Å². The Hall–Kier alpha value is -2.75. The largest absolute Gasteiger partial charge is 0.508 e. The van der Waals surface area contributed by atoms with E-state index in [4.69, 9.17) is 4.74 Å². The van der Waals surface area contributed by atoms with E-state index in [0.717, 1.165) is 30.6 Å². The number of carbonyl (C=O) groups is 1. The molecule has 0 bridgehead atoms. The highest BCUT2D eigenvalue weighted by Gasteiger charge is 2.00. The van der Waals surface area contributed by atoms with E-state index in [1.54, 1.807) is 30.3 Å². The summed E-state index contributed by atoms with van der Waals surface area (Å²) in [5.41, 5.74) is 1.54. The second-order valence-corrected chi connectivity index (χ2v) is 5.50. The predicted molar refractivity (Wildman–Crippen MR) is 97.2 cm³/mol. The summed E-state index contributed by atoms with van der Waals surface area (Å²) < 4.78 is 5.68. The minimum Gasteiger partial charge on any atom is -0.508 e. The summed E-state index contributed by atoms with van der Waals surface area (Å²) in [5.74, 6) is 0.741. The van der Waals surface area contributed by atoms with Gasteiger partial charge in [0.05, 0.1) is 6.61 Å². The fourth-order valence-electron chi connectivity index (χ4n) is 2.15. The monoisotopic (exact) mass is 325 g/mol. The number of benzene rings is 2. The van der Waals surface area contributed by atoms with Crippen LogP contribution in [0.25, 0.3) is 6.08 Å². The molecule has 0 atom stereocenters. The zero-order chi connectivity index (χ0) is 17.2. The van der Waals surface area contributed by atoms with Gasteiger partial charge in [-0.25, -0.2) is 0 Å². The van der Waals surface area contributed by atoms with E-state index in [2.05, 4.69) is 12.2 Å². The third-order valence-corrected chi connectivity index (χ3v) is 3.44. The zero-order valence-electron chi connectivity index (χ0n) is 13.9. The fourth-order valence-corrected chi connectivity index (χ4v) is 2.15. The molecule has 0 aromatic heterocycles. The summed E-state index contributed by atoms with van der Waals surface area (Å²) in [6, 6.07) is 14.0. The Balaban J connectivity index is 1.88. The molecule has 24 heavy (non-hydrogen) atoms. The lowest BCUT2D eigenvalue weighted by atomic mass is 10.2. The Bertz CT molecular complexity index is 678. The van der Waals surface area contributed by atoms with Crippen molar-refractivity contribution < 1.29 is 14.6 Å². The van der Waals surface area contributed by atoms with Crippen molar-refractivity contribution in [1.82, 2.24) is 0 Å². The van der Waals surface area contributed by atoms with Crippen LogP contribution in [0.3, 0.4) is 0 Å². The number of carbonyl (C=O) groups excluding carboxylic acids is 1. The first-order valence-electron chi connectivity index (χ1n) is 8.18. The highest BCUT2D eigenvalue weighted by atomic mass is 16.5. The molecule has 2 aromatic rings. The van der Waals surface area contributed by atoms with E-state index < -0.39 is 0 Å². The number of rotatable bonds is 8. The molecule has 2 rings (SSSR count). The molecule has 0 unspecified atom stereocenters. The molecule has 0 saturated heterocycles. The van der Waals surface area contributed by atoms with Crippen molar-refractivity contribution in [2.45, 2.75) is 26.2 Å². The molecule has 4 nitrogen and oxygen atoms in total. The van der Waals surface area contributed by atoms with Crippen molar-refractivity contribution in [3.05, 3.63) is 60.2 Å². The SMILES string of the molecule is CCCCCOc1cccc(NC(=O)C=Cc2ccc(O)cc2)c1. The number of unbranched alkanes of at least 4 members (excludes halogenated alkanes) is 2. The van der Waals surface area contributed by atoms with Crippen LogP contribution in [0, 0.1) is 0 Å².